The molecule has 0 atom stereocenters. The van der Waals surface area contributed by atoms with Gasteiger partial charge < -0.3 is 15.5 Å². The monoisotopic (exact) mass is 440 g/mol. The first kappa shape index (κ1) is 23.2. The molecular formula is C23H32N6OS. The zero-order chi connectivity index (χ0) is 22.6. The number of hydrogen-bond acceptors (Lipinski definition) is 7. The molecule has 0 spiro atoms. The third-order valence-electron chi connectivity index (χ3n) is 5.38. The average molecular weight is 441 g/mol. The number of thiophene rings is 1. The van der Waals surface area contributed by atoms with Gasteiger partial charge in [0.25, 0.3) is 0 Å². The molecule has 0 aromatic carbocycles. The number of anilines is 1. The Bertz CT molecular complexity index is 945. The number of nitriles is 1. The number of amides is 1. The summed E-state index contributed by atoms with van der Waals surface area (Å²) < 4.78 is 0. The van der Waals surface area contributed by atoms with Gasteiger partial charge in [-0.1, -0.05) is 0 Å². The Morgan fingerprint density at radius 3 is 2.65 bits per heavy atom. The molecule has 3 heterocycles. The second kappa shape index (κ2) is 9.33. The number of carbonyl (C=O) groups excluding carboxylic acids is 1. The van der Waals surface area contributed by atoms with Gasteiger partial charge in [0.15, 0.2) is 0 Å². The predicted molar refractivity (Wildman–Crippen MR) is 125 cm³/mol. The van der Waals surface area contributed by atoms with Gasteiger partial charge in [-0.25, -0.2) is 9.97 Å². The molecule has 7 nitrogen and oxygen atoms in total. The standard InChI is InChI=1S/C23H32N6OS/c1-16(30)29(12-6-10-24)15-18-7-8-20(31-18)19-9-11-25-21(27-19)26-17-13-22(2,3)28-23(4,5)14-17/h7-9,11,17,28H,6,12-15H2,1-5H3,(H,25,26,27). The van der Waals surface area contributed by atoms with Crippen LogP contribution in [0.25, 0.3) is 10.6 Å². The first-order valence-electron chi connectivity index (χ1n) is 10.7. The minimum atomic E-state index is -0.0217. The van der Waals surface area contributed by atoms with Crippen LogP contribution >= 0.6 is 11.3 Å². The molecule has 31 heavy (non-hydrogen) atoms. The molecule has 2 aromatic rings. The summed E-state index contributed by atoms with van der Waals surface area (Å²) in [7, 11) is 0. The van der Waals surface area contributed by atoms with Crippen molar-refractivity contribution in [2.24, 2.45) is 0 Å². The van der Waals surface area contributed by atoms with Crippen LogP contribution in [0, 0.1) is 11.3 Å². The van der Waals surface area contributed by atoms with Gasteiger partial charge in [0.2, 0.25) is 11.9 Å². The van der Waals surface area contributed by atoms with Crippen molar-refractivity contribution in [3.8, 4) is 16.6 Å². The van der Waals surface area contributed by atoms with Gasteiger partial charge in [0, 0.05) is 41.7 Å². The molecule has 1 fully saturated rings. The molecule has 1 aliphatic rings. The second-order valence-corrected chi connectivity index (χ2v) is 10.7. The first-order chi connectivity index (χ1) is 14.6. The summed E-state index contributed by atoms with van der Waals surface area (Å²) in [6.45, 7) is 11.4. The molecule has 2 aromatic heterocycles. The lowest BCUT2D eigenvalue weighted by Gasteiger charge is -2.46. The Labute approximate surface area is 188 Å². The van der Waals surface area contributed by atoms with E-state index in [1.54, 1.807) is 22.4 Å². The van der Waals surface area contributed by atoms with Crippen molar-refractivity contribution in [1.29, 1.82) is 5.26 Å². The average Bonchev–Trinajstić information content (AvgIpc) is 3.11. The van der Waals surface area contributed by atoms with Crippen LogP contribution in [0.2, 0.25) is 0 Å². The lowest BCUT2D eigenvalue weighted by atomic mass is 9.80. The van der Waals surface area contributed by atoms with E-state index in [4.69, 9.17) is 10.2 Å². The Morgan fingerprint density at radius 1 is 1.29 bits per heavy atom. The maximum Gasteiger partial charge on any atom is 0.223 e. The normalized spacial score (nSPS) is 17.7. The van der Waals surface area contributed by atoms with E-state index in [0.29, 0.717) is 31.5 Å². The minimum Gasteiger partial charge on any atom is -0.351 e. The van der Waals surface area contributed by atoms with E-state index in [-0.39, 0.29) is 17.0 Å². The summed E-state index contributed by atoms with van der Waals surface area (Å²) >= 11 is 1.61. The molecule has 1 amide bonds. The molecular weight excluding hydrogens is 408 g/mol. The summed E-state index contributed by atoms with van der Waals surface area (Å²) in [6, 6.07) is 8.37. The number of aromatic nitrogens is 2. The van der Waals surface area contributed by atoms with E-state index in [1.165, 1.54) is 6.92 Å². The van der Waals surface area contributed by atoms with E-state index in [0.717, 1.165) is 28.3 Å². The van der Waals surface area contributed by atoms with E-state index in [1.807, 2.05) is 18.2 Å². The highest BCUT2D eigenvalue weighted by atomic mass is 32.1. The molecule has 0 bridgehead atoms. The van der Waals surface area contributed by atoms with Crippen LogP contribution in [0.3, 0.4) is 0 Å². The molecule has 166 valence electrons. The van der Waals surface area contributed by atoms with Crippen LogP contribution in [0.1, 0.15) is 58.8 Å². The highest BCUT2D eigenvalue weighted by Crippen LogP contribution is 2.31. The van der Waals surface area contributed by atoms with Gasteiger partial charge in [-0.05, 0) is 58.7 Å². The van der Waals surface area contributed by atoms with Crippen molar-refractivity contribution in [3.63, 3.8) is 0 Å². The van der Waals surface area contributed by atoms with E-state index in [9.17, 15) is 4.79 Å². The molecule has 1 aliphatic heterocycles. The number of carbonyl (C=O) groups is 1. The van der Waals surface area contributed by atoms with Crippen molar-refractivity contribution in [3.05, 3.63) is 29.3 Å². The summed E-state index contributed by atoms with van der Waals surface area (Å²) in [4.78, 5) is 24.8. The van der Waals surface area contributed by atoms with E-state index >= 15 is 0 Å². The van der Waals surface area contributed by atoms with Gasteiger partial charge in [-0.15, -0.1) is 11.3 Å². The molecule has 0 unspecified atom stereocenters. The van der Waals surface area contributed by atoms with Crippen LogP contribution < -0.4 is 10.6 Å². The van der Waals surface area contributed by atoms with Crippen LogP contribution in [0.15, 0.2) is 24.4 Å². The SMILES string of the molecule is CC(=O)N(CCC#N)Cc1ccc(-c2ccnc(NC3CC(C)(C)NC(C)(C)C3)n2)s1. The van der Waals surface area contributed by atoms with Crippen LogP contribution in [-0.4, -0.2) is 44.4 Å². The number of nitrogens with zero attached hydrogens (tertiary/aromatic N) is 4. The summed E-state index contributed by atoms with van der Waals surface area (Å²) in [5.41, 5.74) is 0.967. The van der Waals surface area contributed by atoms with Gasteiger partial charge in [-0.3, -0.25) is 4.79 Å². The lowest BCUT2D eigenvalue weighted by Crippen LogP contribution is -2.60. The molecule has 0 saturated carbocycles. The summed E-state index contributed by atoms with van der Waals surface area (Å²) in [5, 5.41) is 16.0. The quantitative estimate of drug-likeness (QED) is 0.670. The highest BCUT2D eigenvalue weighted by molar-refractivity contribution is 7.15. The van der Waals surface area contributed by atoms with Crippen molar-refractivity contribution in [2.75, 3.05) is 11.9 Å². The van der Waals surface area contributed by atoms with Crippen molar-refractivity contribution in [2.45, 2.75) is 77.5 Å². The van der Waals surface area contributed by atoms with Crippen molar-refractivity contribution >= 4 is 23.2 Å². The Hall–Kier alpha value is -2.50. The summed E-state index contributed by atoms with van der Waals surface area (Å²) in [6.07, 6.45) is 4.12. The van der Waals surface area contributed by atoms with Crippen LogP contribution in [0.5, 0.6) is 0 Å². The fraction of sp³-hybridized carbons (Fsp3) is 0.565. The van der Waals surface area contributed by atoms with E-state index in [2.05, 4.69) is 49.4 Å². The smallest absolute Gasteiger partial charge is 0.223 e. The largest absolute Gasteiger partial charge is 0.351 e. The van der Waals surface area contributed by atoms with Gasteiger partial charge in [0.1, 0.15) is 0 Å². The van der Waals surface area contributed by atoms with Gasteiger partial charge in [0.05, 0.1) is 29.6 Å². The Kier molecular flexibility index (Phi) is 6.97. The third kappa shape index (κ3) is 6.49. The zero-order valence-electron chi connectivity index (χ0n) is 19.0. The van der Waals surface area contributed by atoms with Crippen LogP contribution in [-0.2, 0) is 11.3 Å². The summed E-state index contributed by atoms with van der Waals surface area (Å²) in [5.74, 6) is 0.622. The maximum absolute atomic E-state index is 11.8. The molecule has 2 N–H and O–H groups in total. The molecule has 8 heteroatoms. The van der Waals surface area contributed by atoms with Crippen molar-refractivity contribution < 1.29 is 4.79 Å². The number of nitrogens with one attached hydrogen (secondary N) is 2. The molecule has 0 radical (unpaired) electrons. The van der Waals surface area contributed by atoms with Crippen LogP contribution in [0.4, 0.5) is 5.95 Å². The second-order valence-electron chi connectivity index (χ2n) is 9.52. The number of piperidine rings is 1. The lowest BCUT2D eigenvalue weighted by molar-refractivity contribution is -0.129. The third-order valence-corrected chi connectivity index (χ3v) is 6.47. The van der Waals surface area contributed by atoms with Gasteiger partial charge in [-0.2, -0.15) is 5.26 Å². The van der Waals surface area contributed by atoms with Gasteiger partial charge >= 0.3 is 0 Å². The fourth-order valence-electron chi connectivity index (χ4n) is 4.49. The minimum absolute atomic E-state index is 0.0217. The first-order valence-corrected chi connectivity index (χ1v) is 11.5. The Balaban J connectivity index is 1.71. The number of rotatable bonds is 7. The predicted octanol–water partition coefficient (Wildman–Crippen LogP) is 4.19. The molecule has 0 aliphatic carbocycles. The zero-order valence-corrected chi connectivity index (χ0v) is 19.8. The van der Waals surface area contributed by atoms with E-state index < -0.39 is 0 Å². The van der Waals surface area contributed by atoms with Crippen molar-refractivity contribution in [1.82, 2.24) is 20.2 Å². The number of hydrogen-bond donors (Lipinski definition) is 2. The fourth-order valence-corrected chi connectivity index (χ4v) is 5.49. The molecule has 3 rings (SSSR count). The maximum atomic E-state index is 11.8. The Morgan fingerprint density at radius 2 is 2.00 bits per heavy atom. The topological polar surface area (TPSA) is 93.9 Å². The highest BCUT2D eigenvalue weighted by Gasteiger charge is 2.37. The molecule has 1 saturated heterocycles.